The van der Waals surface area contributed by atoms with Gasteiger partial charge in [-0.1, -0.05) is 35.5 Å². The summed E-state index contributed by atoms with van der Waals surface area (Å²) in [5.74, 6) is 1.65. The van der Waals surface area contributed by atoms with Crippen molar-refractivity contribution in [2.75, 3.05) is 19.0 Å². The molecule has 0 atom stereocenters. The first-order valence-corrected chi connectivity index (χ1v) is 7.45. The normalized spacial score (nSPS) is 10.9. The molecule has 0 radical (unpaired) electrons. The van der Waals surface area contributed by atoms with Crippen molar-refractivity contribution in [3.05, 3.63) is 29.3 Å². The van der Waals surface area contributed by atoms with E-state index < -0.39 is 0 Å². The third-order valence-corrected chi connectivity index (χ3v) is 3.93. The molecule has 1 aromatic heterocycles. The first-order chi connectivity index (χ1) is 9.24. The minimum absolute atomic E-state index is 0.684. The summed E-state index contributed by atoms with van der Waals surface area (Å²) in [7, 11) is 1.95. The fourth-order valence-electron chi connectivity index (χ4n) is 1.65. The molecule has 0 bridgehead atoms. The molecule has 0 aliphatic heterocycles. The average molecular weight is 298 g/mol. The zero-order chi connectivity index (χ0) is 13.7. The zero-order valence-electron chi connectivity index (χ0n) is 11.0. The van der Waals surface area contributed by atoms with Crippen LogP contribution in [0.25, 0.3) is 11.4 Å². The Balaban J connectivity index is 2.12. The quantitative estimate of drug-likeness (QED) is 0.606. The Morgan fingerprint density at radius 3 is 2.84 bits per heavy atom. The smallest absolute Gasteiger partial charge is 0.191 e. The highest BCUT2D eigenvalue weighted by Gasteiger charge is 2.13. The Morgan fingerprint density at radius 2 is 2.11 bits per heavy atom. The summed E-state index contributed by atoms with van der Waals surface area (Å²) in [6.45, 7) is 3.45. The summed E-state index contributed by atoms with van der Waals surface area (Å²) >= 11 is 7.81. The van der Waals surface area contributed by atoms with E-state index in [9.17, 15) is 0 Å². The van der Waals surface area contributed by atoms with Crippen LogP contribution in [0.2, 0.25) is 5.02 Å². The van der Waals surface area contributed by atoms with Crippen molar-refractivity contribution in [1.82, 2.24) is 14.8 Å². The monoisotopic (exact) mass is 297 g/mol. The maximum absolute atomic E-state index is 6.18. The van der Waals surface area contributed by atoms with Crippen LogP contribution >= 0.6 is 23.4 Å². The Morgan fingerprint density at radius 1 is 1.32 bits per heavy atom. The van der Waals surface area contributed by atoms with Gasteiger partial charge in [0, 0.05) is 25.0 Å². The first-order valence-electron chi connectivity index (χ1n) is 6.09. The van der Waals surface area contributed by atoms with Gasteiger partial charge in [-0.2, -0.15) is 0 Å². The van der Waals surface area contributed by atoms with Gasteiger partial charge >= 0.3 is 0 Å². The van der Waals surface area contributed by atoms with Gasteiger partial charge in [-0.3, -0.25) is 0 Å². The lowest BCUT2D eigenvalue weighted by Gasteiger charge is -2.05. The predicted molar refractivity (Wildman–Crippen MR) is 78.7 cm³/mol. The molecule has 0 N–H and O–H groups in total. The number of halogens is 1. The van der Waals surface area contributed by atoms with Gasteiger partial charge in [0.05, 0.1) is 11.6 Å². The molecule has 0 aliphatic rings. The lowest BCUT2D eigenvalue weighted by Crippen LogP contribution is -1.99. The van der Waals surface area contributed by atoms with Crippen molar-refractivity contribution in [3.8, 4) is 11.4 Å². The molecule has 0 unspecified atom stereocenters. The standard InChI is InChI=1S/C13H16ClN3OS/c1-3-18-8-9-19-13-16-15-12(17(13)2)10-6-4-5-7-11(10)14/h4-7H,3,8-9H2,1-2H3. The van der Waals surface area contributed by atoms with Gasteiger partial charge in [0.2, 0.25) is 0 Å². The lowest BCUT2D eigenvalue weighted by molar-refractivity contribution is 0.164. The molecule has 0 spiro atoms. The summed E-state index contributed by atoms with van der Waals surface area (Å²) in [5.41, 5.74) is 0.899. The van der Waals surface area contributed by atoms with Crippen molar-refractivity contribution in [2.24, 2.45) is 7.05 Å². The molecule has 0 saturated heterocycles. The molecule has 1 heterocycles. The van der Waals surface area contributed by atoms with E-state index >= 15 is 0 Å². The average Bonchev–Trinajstić information content (AvgIpc) is 2.77. The minimum Gasteiger partial charge on any atom is -0.381 e. The number of rotatable bonds is 6. The van der Waals surface area contributed by atoms with E-state index in [2.05, 4.69) is 10.2 Å². The van der Waals surface area contributed by atoms with Gasteiger partial charge in [0.25, 0.3) is 0 Å². The Bertz CT molecular complexity index is 544. The van der Waals surface area contributed by atoms with E-state index in [1.807, 2.05) is 42.8 Å². The van der Waals surface area contributed by atoms with Crippen LogP contribution in [-0.4, -0.2) is 33.7 Å². The third kappa shape index (κ3) is 3.49. The second-order valence-electron chi connectivity index (χ2n) is 3.89. The van der Waals surface area contributed by atoms with Crippen LogP contribution in [0.3, 0.4) is 0 Å². The van der Waals surface area contributed by atoms with Gasteiger partial charge in [0.15, 0.2) is 11.0 Å². The van der Waals surface area contributed by atoms with Crippen LogP contribution in [0.1, 0.15) is 6.92 Å². The highest BCUT2D eigenvalue weighted by Crippen LogP contribution is 2.28. The van der Waals surface area contributed by atoms with Crippen molar-refractivity contribution in [2.45, 2.75) is 12.1 Å². The van der Waals surface area contributed by atoms with Gasteiger partial charge in [-0.05, 0) is 19.1 Å². The van der Waals surface area contributed by atoms with Crippen molar-refractivity contribution < 1.29 is 4.74 Å². The predicted octanol–water partition coefficient (Wildman–Crippen LogP) is 3.26. The van der Waals surface area contributed by atoms with Crippen LogP contribution in [0, 0.1) is 0 Å². The molecule has 19 heavy (non-hydrogen) atoms. The van der Waals surface area contributed by atoms with E-state index in [4.69, 9.17) is 16.3 Å². The van der Waals surface area contributed by atoms with E-state index in [1.54, 1.807) is 11.8 Å². The molecular formula is C13H16ClN3OS. The molecule has 0 saturated carbocycles. The SMILES string of the molecule is CCOCCSc1nnc(-c2ccccc2Cl)n1C. The summed E-state index contributed by atoms with van der Waals surface area (Å²) in [4.78, 5) is 0. The molecule has 2 aromatic rings. The van der Waals surface area contributed by atoms with Gasteiger partial charge in [-0.15, -0.1) is 10.2 Å². The summed E-state index contributed by atoms with van der Waals surface area (Å²) in [6, 6.07) is 7.65. The number of ether oxygens (including phenoxy) is 1. The van der Waals surface area contributed by atoms with Gasteiger partial charge < -0.3 is 9.30 Å². The van der Waals surface area contributed by atoms with E-state index in [1.165, 1.54) is 0 Å². The zero-order valence-corrected chi connectivity index (χ0v) is 12.5. The maximum atomic E-state index is 6.18. The van der Waals surface area contributed by atoms with Crippen molar-refractivity contribution >= 4 is 23.4 Å². The molecule has 0 amide bonds. The van der Waals surface area contributed by atoms with Crippen LogP contribution in [0.4, 0.5) is 0 Å². The Kier molecular flexibility index (Phi) is 5.24. The second kappa shape index (κ2) is 6.93. The van der Waals surface area contributed by atoms with Crippen LogP contribution in [-0.2, 0) is 11.8 Å². The molecule has 0 fully saturated rings. The number of hydrogen-bond acceptors (Lipinski definition) is 4. The lowest BCUT2D eigenvalue weighted by atomic mass is 10.2. The summed E-state index contributed by atoms with van der Waals surface area (Å²) in [5, 5.41) is 9.96. The molecule has 2 rings (SSSR count). The molecular weight excluding hydrogens is 282 g/mol. The molecule has 6 heteroatoms. The number of thioether (sulfide) groups is 1. The summed E-state index contributed by atoms with van der Waals surface area (Å²) < 4.78 is 7.26. The van der Waals surface area contributed by atoms with E-state index in [-0.39, 0.29) is 0 Å². The molecule has 4 nitrogen and oxygen atoms in total. The van der Waals surface area contributed by atoms with Crippen LogP contribution in [0.15, 0.2) is 29.4 Å². The highest BCUT2D eigenvalue weighted by molar-refractivity contribution is 7.99. The third-order valence-electron chi connectivity index (χ3n) is 2.61. The number of hydrogen-bond donors (Lipinski definition) is 0. The Hall–Kier alpha value is -1.04. The van der Waals surface area contributed by atoms with Crippen molar-refractivity contribution in [3.63, 3.8) is 0 Å². The maximum Gasteiger partial charge on any atom is 0.191 e. The first kappa shape index (κ1) is 14.4. The molecule has 102 valence electrons. The number of aromatic nitrogens is 3. The van der Waals surface area contributed by atoms with Crippen LogP contribution < -0.4 is 0 Å². The fraction of sp³-hybridized carbons (Fsp3) is 0.385. The largest absolute Gasteiger partial charge is 0.381 e. The topological polar surface area (TPSA) is 39.9 Å². The van der Waals surface area contributed by atoms with Gasteiger partial charge in [0.1, 0.15) is 0 Å². The minimum atomic E-state index is 0.684. The number of benzene rings is 1. The highest BCUT2D eigenvalue weighted by atomic mass is 35.5. The van der Waals surface area contributed by atoms with Crippen LogP contribution in [0.5, 0.6) is 0 Å². The second-order valence-corrected chi connectivity index (χ2v) is 5.36. The summed E-state index contributed by atoms with van der Waals surface area (Å²) in [6.07, 6.45) is 0. The number of nitrogens with zero attached hydrogens (tertiary/aromatic N) is 3. The molecule has 1 aromatic carbocycles. The molecule has 0 aliphatic carbocycles. The Labute approximate surface area is 122 Å². The fourth-order valence-corrected chi connectivity index (χ4v) is 2.64. The van der Waals surface area contributed by atoms with Gasteiger partial charge in [-0.25, -0.2) is 0 Å². The van der Waals surface area contributed by atoms with E-state index in [0.717, 1.165) is 35.5 Å². The van der Waals surface area contributed by atoms with Crippen molar-refractivity contribution in [1.29, 1.82) is 0 Å². The van der Waals surface area contributed by atoms with E-state index in [0.29, 0.717) is 5.02 Å².